The van der Waals surface area contributed by atoms with Crippen LogP contribution in [-0.4, -0.2) is 30.0 Å². The minimum atomic E-state index is -0.370. The molecule has 0 aromatic heterocycles. The summed E-state index contributed by atoms with van der Waals surface area (Å²) < 4.78 is 5.78. The van der Waals surface area contributed by atoms with Gasteiger partial charge in [-0.3, -0.25) is 9.69 Å². The first-order valence-corrected chi connectivity index (χ1v) is 9.60. The van der Waals surface area contributed by atoms with E-state index in [2.05, 4.69) is 52.7 Å². The van der Waals surface area contributed by atoms with Gasteiger partial charge < -0.3 is 10.1 Å². The zero-order chi connectivity index (χ0) is 17.9. The molecule has 0 bridgehead atoms. The van der Waals surface area contributed by atoms with Gasteiger partial charge in [-0.1, -0.05) is 43.3 Å². The van der Waals surface area contributed by atoms with Crippen LogP contribution < -0.4 is 10.1 Å². The highest BCUT2D eigenvalue weighted by Gasteiger charge is 2.26. The highest BCUT2D eigenvalue weighted by Crippen LogP contribution is 2.33. The van der Waals surface area contributed by atoms with Gasteiger partial charge in [-0.25, -0.2) is 0 Å². The maximum atomic E-state index is 12.0. The third kappa shape index (κ3) is 3.61. The minimum absolute atomic E-state index is 0.0409. The number of ether oxygens (including phenoxy) is 1. The van der Waals surface area contributed by atoms with Crippen molar-refractivity contribution in [2.24, 2.45) is 0 Å². The van der Waals surface area contributed by atoms with Crippen LogP contribution in [0.25, 0.3) is 0 Å². The Hall–Kier alpha value is -2.33. The lowest BCUT2D eigenvalue weighted by atomic mass is 9.89. The monoisotopic (exact) mass is 350 g/mol. The Bertz CT molecular complexity index is 767. The number of nitrogens with zero attached hydrogens (tertiary/aromatic N) is 1. The maximum absolute atomic E-state index is 12.0. The number of carbonyl (C=O) groups excluding carboxylic acids is 1. The van der Waals surface area contributed by atoms with Crippen molar-refractivity contribution in [3.8, 4) is 5.75 Å². The van der Waals surface area contributed by atoms with Crippen molar-refractivity contribution in [2.45, 2.75) is 44.8 Å². The Morgan fingerprint density at radius 2 is 1.88 bits per heavy atom. The van der Waals surface area contributed by atoms with Crippen molar-refractivity contribution in [1.82, 2.24) is 4.90 Å². The predicted octanol–water partition coefficient (Wildman–Crippen LogP) is 4.18. The van der Waals surface area contributed by atoms with E-state index in [0.29, 0.717) is 12.3 Å². The van der Waals surface area contributed by atoms with Crippen LogP contribution in [0.5, 0.6) is 5.75 Å². The van der Waals surface area contributed by atoms with Crippen LogP contribution in [0.15, 0.2) is 48.5 Å². The summed E-state index contributed by atoms with van der Waals surface area (Å²) in [5.41, 5.74) is 3.49. The Kier molecular flexibility index (Phi) is 4.93. The highest BCUT2D eigenvalue weighted by atomic mass is 16.5. The van der Waals surface area contributed by atoms with Gasteiger partial charge in [0, 0.05) is 6.54 Å². The molecule has 1 saturated heterocycles. The molecule has 1 unspecified atom stereocenters. The molecule has 2 aliphatic heterocycles. The molecule has 1 amide bonds. The molecule has 2 aromatic carbocycles. The Morgan fingerprint density at radius 3 is 2.62 bits per heavy atom. The van der Waals surface area contributed by atoms with Crippen molar-refractivity contribution >= 4 is 11.6 Å². The Balaban J connectivity index is 1.37. The number of likely N-dealkylation sites (tertiary alicyclic amines) is 1. The van der Waals surface area contributed by atoms with E-state index < -0.39 is 0 Å². The third-order valence-electron chi connectivity index (χ3n) is 5.50. The molecule has 4 nitrogen and oxygen atoms in total. The summed E-state index contributed by atoms with van der Waals surface area (Å²) >= 11 is 0. The zero-order valence-electron chi connectivity index (χ0n) is 15.3. The van der Waals surface area contributed by atoms with Crippen LogP contribution in [-0.2, 0) is 11.3 Å². The van der Waals surface area contributed by atoms with Gasteiger partial charge in [0.2, 0.25) is 0 Å². The number of carbonyl (C=O) groups is 1. The number of nitrogens with one attached hydrogen (secondary N) is 1. The van der Waals surface area contributed by atoms with E-state index in [-0.39, 0.29) is 12.0 Å². The molecule has 4 heteroatoms. The molecular formula is C22H26N2O2. The van der Waals surface area contributed by atoms with Crippen LogP contribution in [0.3, 0.4) is 0 Å². The quantitative estimate of drug-likeness (QED) is 0.899. The summed E-state index contributed by atoms with van der Waals surface area (Å²) in [5.74, 6) is 1.42. The fourth-order valence-corrected chi connectivity index (χ4v) is 3.97. The first kappa shape index (κ1) is 17.1. The number of benzene rings is 2. The molecule has 26 heavy (non-hydrogen) atoms. The molecule has 1 fully saturated rings. The number of piperidine rings is 1. The van der Waals surface area contributed by atoms with Crippen LogP contribution >= 0.6 is 0 Å². The Labute approximate surface area is 155 Å². The van der Waals surface area contributed by atoms with Gasteiger partial charge in [0.15, 0.2) is 6.10 Å². The van der Waals surface area contributed by atoms with Crippen LogP contribution in [0.4, 0.5) is 5.69 Å². The SMILES string of the molecule is CCC1Oc2ccc(CN3CCC(c4ccccc4)CC3)cc2NC1=O. The van der Waals surface area contributed by atoms with E-state index in [0.717, 1.165) is 31.1 Å². The summed E-state index contributed by atoms with van der Waals surface area (Å²) in [7, 11) is 0. The molecule has 0 spiro atoms. The summed E-state index contributed by atoms with van der Waals surface area (Å²) in [4.78, 5) is 14.5. The van der Waals surface area contributed by atoms with Gasteiger partial charge in [0.1, 0.15) is 5.75 Å². The largest absolute Gasteiger partial charge is 0.478 e. The molecule has 0 radical (unpaired) electrons. The number of anilines is 1. The molecule has 0 aliphatic carbocycles. The predicted molar refractivity (Wildman–Crippen MR) is 103 cm³/mol. The van der Waals surface area contributed by atoms with E-state index in [1.807, 2.05) is 13.0 Å². The minimum Gasteiger partial charge on any atom is -0.478 e. The summed E-state index contributed by atoms with van der Waals surface area (Å²) in [6, 6.07) is 17.0. The number of fused-ring (bicyclic) bond motifs is 1. The second-order valence-corrected chi connectivity index (χ2v) is 7.30. The second kappa shape index (κ2) is 7.50. The van der Waals surface area contributed by atoms with E-state index >= 15 is 0 Å². The lowest BCUT2D eigenvalue weighted by Gasteiger charge is -2.32. The lowest BCUT2D eigenvalue weighted by Crippen LogP contribution is -2.36. The van der Waals surface area contributed by atoms with E-state index in [4.69, 9.17) is 4.74 Å². The van der Waals surface area contributed by atoms with E-state index in [9.17, 15) is 4.79 Å². The molecule has 2 aromatic rings. The molecule has 1 N–H and O–H groups in total. The van der Waals surface area contributed by atoms with Crippen molar-refractivity contribution in [3.05, 3.63) is 59.7 Å². The fraction of sp³-hybridized carbons (Fsp3) is 0.409. The van der Waals surface area contributed by atoms with E-state index in [1.165, 1.54) is 24.0 Å². The molecule has 0 saturated carbocycles. The van der Waals surface area contributed by atoms with E-state index in [1.54, 1.807) is 0 Å². The molecule has 1 atom stereocenters. The smallest absolute Gasteiger partial charge is 0.265 e. The molecule has 136 valence electrons. The number of hydrogen-bond donors (Lipinski definition) is 1. The third-order valence-corrected chi connectivity index (χ3v) is 5.50. The van der Waals surface area contributed by atoms with Gasteiger partial charge in [0.05, 0.1) is 5.69 Å². The summed E-state index contributed by atoms with van der Waals surface area (Å²) in [5, 5.41) is 2.98. The average molecular weight is 350 g/mol. The molecule has 2 heterocycles. The Morgan fingerprint density at radius 1 is 1.12 bits per heavy atom. The normalized spacial score (nSPS) is 21.0. The van der Waals surface area contributed by atoms with Gasteiger partial charge in [-0.15, -0.1) is 0 Å². The lowest BCUT2D eigenvalue weighted by molar-refractivity contribution is -0.123. The van der Waals surface area contributed by atoms with Crippen molar-refractivity contribution in [3.63, 3.8) is 0 Å². The highest BCUT2D eigenvalue weighted by molar-refractivity contribution is 5.97. The topological polar surface area (TPSA) is 41.6 Å². The standard InChI is InChI=1S/C22H26N2O2/c1-2-20-22(25)23-19-14-16(8-9-21(19)26-20)15-24-12-10-18(11-13-24)17-6-4-3-5-7-17/h3-9,14,18,20H,2,10-13,15H2,1H3,(H,23,25). The van der Waals surface area contributed by atoms with Crippen LogP contribution in [0.2, 0.25) is 0 Å². The summed E-state index contributed by atoms with van der Waals surface area (Å²) in [6.07, 6.45) is 2.72. The first-order valence-electron chi connectivity index (χ1n) is 9.60. The second-order valence-electron chi connectivity index (χ2n) is 7.30. The van der Waals surface area contributed by atoms with Crippen molar-refractivity contribution in [1.29, 1.82) is 0 Å². The zero-order valence-corrected chi connectivity index (χ0v) is 15.3. The number of hydrogen-bond acceptors (Lipinski definition) is 3. The average Bonchev–Trinajstić information content (AvgIpc) is 2.69. The van der Waals surface area contributed by atoms with Crippen molar-refractivity contribution < 1.29 is 9.53 Å². The van der Waals surface area contributed by atoms with Crippen LogP contribution in [0, 0.1) is 0 Å². The number of amides is 1. The maximum Gasteiger partial charge on any atom is 0.265 e. The summed E-state index contributed by atoms with van der Waals surface area (Å²) in [6.45, 7) is 5.10. The fourth-order valence-electron chi connectivity index (χ4n) is 3.97. The molecule has 4 rings (SSSR count). The molecular weight excluding hydrogens is 324 g/mol. The number of rotatable bonds is 4. The first-order chi connectivity index (χ1) is 12.7. The van der Waals surface area contributed by atoms with Gasteiger partial charge >= 0.3 is 0 Å². The van der Waals surface area contributed by atoms with Crippen LogP contribution in [0.1, 0.15) is 43.2 Å². The van der Waals surface area contributed by atoms with Gasteiger partial charge in [-0.2, -0.15) is 0 Å². The van der Waals surface area contributed by atoms with Gasteiger partial charge in [0.25, 0.3) is 5.91 Å². The molecule has 2 aliphatic rings. The van der Waals surface area contributed by atoms with Gasteiger partial charge in [-0.05, 0) is 61.5 Å². The van der Waals surface area contributed by atoms with Crippen molar-refractivity contribution in [2.75, 3.05) is 18.4 Å².